The Bertz CT molecular complexity index is 1050. The molecule has 0 aliphatic carbocycles. The highest BCUT2D eigenvalue weighted by molar-refractivity contribution is 8.00. The Kier molecular flexibility index (Phi) is 7.73. The van der Waals surface area contributed by atoms with Crippen LogP contribution in [0.15, 0.2) is 77.7 Å². The van der Waals surface area contributed by atoms with E-state index >= 15 is 0 Å². The van der Waals surface area contributed by atoms with Gasteiger partial charge in [0.05, 0.1) is 11.3 Å². The van der Waals surface area contributed by atoms with Crippen molar-refractivity contribution < 1.29 is 14.3 Å². The van der Waals surface area contributed by atoms with Gasteiger partial charge in [-0.3, -0.25) is 9.59 Å². The maximum Gasteiger partial charge on any atom is 0.256 e. The molecule has 0 unspecified atom stereocenters. The van der Waals surface area contributed by atoms with Gasteiger partial charge in [0.2, 0.25) is 5.91 Å². The number of amides is 2. The fourth-order valence-corrected chi connectivity index (χ4v) is 3.77. The zero-order valence-electron chi connectivity index (χ0n) is 17.8. The van der Waals surface area contributed by atoms with Crippen LogP contribution >= 0.6 is 11.8 Å². The topological polar surface area (TPSA) is 67.4 Å². The Morgan fingerprint density at radius 2 is 1.68 bits per heavy atom. The Labute approximate surface area is 187 Å². The zero-order chi connectivity index (χ0) is 22.2. The molecule has 6 heteroatoms. The van der Waals surface area contributed by atoms with E-state index in [0.717, 1.165) is 16.2 Å². The summed E-state index contributed by atoms with van der Waals surface area (Å²) in [6.07, 6.45) is 0. The summed E-state index contributed by atoms with van der Waals surface area (Å²) in [5.74, 6) is 1.44. The Morgan fingerprint density at radius 1 is 0.935 bits per heavy atom. The molecule has 0 bridgehead atoms. The molecule has 2 N–H and O–H groups in total. The number of nitrogens with one attached hydrogen (secondary N) is 2. The van der Waals surface area contributed by atoms with Crippen molar-refractivity contribution in [3.63, 3.8) is 0 Å². The van der Waals surface area contributed by atoms with Crippen molar-refractivity contribution in [1.29, 1.82) is 0 Å². The predicted molar refractivity (Wildman–Crippen MR) is 126 cm³/mol. The van der Waals surface area contributed by atoms with Gasteiger partial charge in [-0.05, 0) is 74.9 Å². The second kappa shape index (κ2) is 10.7. The first-order valence-corrected chi connectivity index (χ1v) is 11.1. The van der Waals surface area contributed by atoms with Crippen LogP contribution in [0.3, 0.4) is 0 Å². The Hall–Kier alpha value is -3.25. The number of ether oxygens (including phenoxy) is 1. The van der Waals surface area contributed by atoms with Crippen molar-refractivity contribution >= 4 is 29.3 Å². The van der Waals surface area contributed by atoms with Gasteiger partial charge in [-0.15, -0.1) is 11.8 Å². The van der Waals surface area contributed by atoms with Crippen LogP contribution < -0.4 is 15.4 Å². The normalized spacial score (nSPS) is 10.6. The van der Waals surface area contributed by atoms with Crippen LogP contribution in [0.25, 0.3) is 0 Å². The predicted octanol–water partition coefficient (Wildman–Crippen LogP) is 5.66. The molecule has 160 valence electrons. The van der Waals surface area contributed by atoms with E-state index in [0.29, 0.717) is 17.0 Å². The minimum Gasteiger partial charge on any atom is -0.457 e. The average molecular weight is 435 g/mol. The second-order valence-corrected chi connectivity index (χ2v) is 8.42. The van der Waals surface area contributed by atoms with E-state index in [4.69, 9.17) is 4.74 Å². The lowest BCUT2D eigenvalue weighted by atomic mass is 10.2. The Morgan fingerprint density at radius 3 is 2.39 bits per heavy atom. The molecule has 0 spiro atoms. The summed E-state index contributed by atoms with van der Waals surface area (Å²) in [6.45, 7) is 5.85. The lowest BCUT2D eigenvalue weighted by Gasteiger charge is -2.12. The molecule has 3 aromatic rings. The third-order valence-corrected chi connectivity index (χ3v) is 5.35. The minimum atomic E-state index is -0.222. The molecule has 0 fully saturated rings. The largest absolute Gasteiger partial charge is 0.457 e. The van der Waals surface area contributed by atoms with Crippen LogP contribution in [-0.2, 0) is 4.79 Å². The summed E-state index contributed by atoms with van der Waals surface area (Å²) in [4.78, 5) is 25.5. The molecule has 0 saturated heterocycles. The van der Waals surface area contributed by atoms with Crippen LogP contribution in [0.4, 0.5) is 5.69 Å². The summed E-state index contributed by atoms with van der Waals surface area (Å²) in [6, 6.07) is 22.4. The first-order valence-electron chi connectivity index (χ1n) is 10.1. The van der Waals surface area contributed by atoms with Crippen molar-refractivity contribution in [1.82, 2.24) is 5.32 Å². The van der Waals surface area contributed by atoms with E-state index in [2.05, 4.69) is 10.6 Å². The molecule has 0 aromatic heterocycles. The van der Waals surface area contributed by atoms with Crippen LogP contribution in [0.1, 0.15) is 29.8 Å². The summed E-state index contributed by atoms with van der Waals surface area (Å²) >= 11 is 1.35. The van der Waals surface area contributed by atoms with Crippen molar-refractivity contribution in [2.45, 2.75) is 31.7 Å². The zero-order valence-corrected chi connectivity index (χ0v) is 18.7. The smallest absolute Gasteiger partial charge is 0.256 e. The van der Waals surface area contributed by atoms with Gasteiger partial charge in [-0.2, -0.15) is 0 Å². The number of benzene rings is 3. The SMILES string of the molecule is Cc1cccc(Oc2ccc(NC(=O)c3ccccc3SCC(=O)NC(C)C)cc2)c1. The molecular formula is C25H26N2O3S. The van der Waals surface area contributed by atoms with Crippen molar-refractivity contribution in [3.8, 4) is 11.5 Å². The summed E-state index contributed by atoms with van der Waals surface area (Å²) < 4.78 is 5.85. The molecule has 2 amide bonds. The molecule has 3 rings (SSSR count). The van der Waals surface area contributed by atoms with Crippen molar-refractivity contribution in [3.05, 3.63) is 83.9 Å². The molecule has 3 aromatic carbocycles. The number of anilines is 1. The quantitative estimate of drug-likeness (QED) is 0.449. The lowest BCUT2D eigenvalue weighted by Crippen LogP contribution is -2.31. The standard InChI is InChI=1S/C25H26N2O3S/c1-17(2)26-24(28)16-31-23-10-5-4-9-22(23)25(29)27-19-11-13-20(14-12-19)30-21-8-6-7-18(3)15-21/h4-15,17H,16H2,1-3H3,(H,26,28)(H,27,29). The van der Waals surface area contributed by atoms with Gasteiger partial charge in [0, 0.05) is 16.6 Å². The lowest BCUT2D eigenvalue weighted by molar-refractivity contribution is -0.119. The van der Waals surface area contributed by atoms with Gasteiger partial charge in [0.25, 0.3) is 5.91 Å². The van der Waals surface area contributed by atoms with Crippen molar-refractivity contribution in [2.24, 2.45) is 0 Å². The van der Waals surface area contributed by atoms with Gasteiger partial charge >= 0.3 is 0 Å². The molecular weight excluding hydrogens is 408 g/mol. The van der Waals surface area contributed by atoms with Gasteiger partial charge in [0.15, 0.2) is 0 Å². The number of hydrogen-bond donors (Lipinski definition) is 2. The van der Waals surface area contributed by atoms with E-state index in [1.165, 1.54) is 11.8 Å². The van der Waals surface area contributed by atoms with Gasteiger partial charge < -0.3 is 15.4 Å². The molecule has 31 heavy (non-hydrogen) atoms. The molecule has 0 atom stereocenters. The molecule has 0 aliphatic heterocycles. The molecule has 5 nitrogen and oxygen atoms in total. The highest BCUT2D eigenvalue weighted by Gasteiger charge is 2.13. The second-order valence-electron chi connectivity index (χ2n) is 7.40. The summed E-state index contributed by atoms with van der Waals surface area (Å²) in [5.41, 5.74) is 2.32. The monoisotopic (exact) mass is 434 g/mol. The van der Waals surface area contributed by atoms with Gasteiger partial charge in [-0.25, -0.2) is 0 Å². The van der Waals surface area contributed by atoms with E-state index in [1.807, 2.05) is 75.4 Å². The third kappa shape index (κ3) is 6.89. The minimum absolute atomic E-state index is 0.0561. The van der Waals surface area contributed by atoms with E-state index < -0.39 is 0 Å². The van der Waals surface area contributed by atoms with Crippen molar-refractivity contribution in [2.75, 3.05) is 11.1 Å². The molecule has 0 heterocycles. The summed E-state index contributed by atoms with van der Waals surface area (Å²) in [5, 5.41) is 5.77. The fourth-order valence-electron chi connectivity index (χ4n) is 2.91. The third-order valence-electron chi connectivity index (χ3n) is 4.28. The Balaban J connectivity index is 1.63. The van der Waals surface area contributed by atoms with E-state index in [9.17, 15) is 9.59 Å². The van der Waals surface area contributed by atoms with E-state index in [1.54, 1.807) is 18.2 Å². The summed E-state index contributed by atoms with van der Waals surface area (Å²) in [7, 11) is 0. The highest BCUT2D eigenvalue weighted by atomic mass is 32.2. The maximum atomic E-state index is 12.8. The number of carbonyl (C=O) groups excluding carboxylic acids is 2. The number of thioether (sulfide) groups is 1. The highest BCUT2D eigenvalue weighted by Crippen LogP contribution is 2.26. The van der Waals surface area contributed by atoms with Crippen LogP contribution in [0.2, 0.25) is 0 Å². The molecule has 0 saturated carbocycles. The molecule has 0 radical (unpaired) electrons. The first kappa shape index (κ1) is 22.4. The fraction of sp³-hybridized carbons (Fsp3) is 0.200. The average Bonchev–Trinajstić information content (AvgIpc) is 2.73. The number of rotatable bonds is 8. The van der Waals surface area contributed by atoms with E-state index in [-0.39, 0.29) is 23.6 Å². The maximum absolute atomic E-state index is 12.8. The number of carbonyl (C=O) groups is 2. The van der Waals surface area contributed by atoms with Crippen LogP contribution in [-0.4, -0.2) is 23.6 Å². The van der Waals surface area contributed by atoms with Gasteiger partial charge in [0.1, 0.15) is 11.5 Å². The number of aryl methyl sites for hydroxylation is 1. The van der Waals surface area contributed by atoms with Crippen LogP contribution in [0.5, 0.6) is 11.5 Å². The number of hydrogen-bond acceptors (Lipinski definition) is 4. The van der Waals surface area contributed by atoms with Gasteiger partial charge in [-0.1, -0.05) is 24.3 Å². The first-order chi connectivity index (χ1) is 14.9. The van der Waals surface area contributed by atoms with Crippen LogP contribution in [0, 0.1) is 6.92 Å². The molecule has 0 aliphatic rings.